The number of hydrogen-bond donors (Lipinski definition) is 0. The van der Waals surface area contributed by atoms with E-state index in [4.69, 9.17) is 5.26 Å². The van der Waals surface area contributed by atoms with Crippen LogP contribution >= 0.6 is 11.8 Å². The monoisotopic (exact) mass is 298 g/mol. The fourth-order valence-electron chi connectivity index (χ4n) is 1.58. The molecular weight excluding hydrogens is 289 g/mol. The number of thioether (sulfide) groups is 1. The average molecular weight is 298 g/mol. The molecule has 8 heteroatoms. The fourth-order valence-corrected chi connectivity index (χ4v) is 2.50. The van der Waals surface area contributed by atoms with Crippen molar-refractivity contribution >= 4 is 11.8 Å². The molecule has 2 rings (SSSR count). The summed E-state index contributed by atoms with van der Waals surface area (Å²) in [6.07, 6.45) is -4.52. The predicted octanol–water partition coefficient (Wildman–Crippen LogP) is 3.00. The van der Waals surface area contributed by atoms with E-state index in [1.807, 2.05) is 6.07 Å². The smallest absolute Gasteiger partial charge is 0.302 e. The van der Waals surface area contributed by atoms with Crippen LogP contribution in [-0.4, -0.2) is 14.8 Å². The molecule has 0 atom stereocenters. The van der Waals surface area contributed by atoms with Crippen molar-refractivity contribution in [2.24, 2.45) is 7.05 Å². The van der Waals surface area contributed by atoms with Crippen molar-refractivity contribution in [2.75, 3.05) is 0 Å². The molecule has 0 saturated carbocycles. The molecule has 0 unspecified atom stereocenters. The summed E-state index contributed by atoms with van der Waals surface area (Å²) in [6, 6.07) is 8.96. The Morgan fingerprint density at radius 2 is 2.00 bits per heavy atom. The van der Waals surface area contributed by atoms with Crippen LogP contribution in [0, 0.1) is 11.3 Å². The molecule has 2 aromatic rings. The number of aromatic nitrogens is 3. The largest absolute Gasteiger partial charge is 0.451 e. The molecule has 0 aliphatic heterocycles. The molecule has 0 radical (unpaired) electrons. The van der Waals surface area contributed by atoms with Crippen LogP contribution in [0.15, 0.2) is 29.4 Å². The number of nitrogens with zero attached hydrogens (tertiary/aromatic N) is 4. The molecular formula is C12H9F3N4S. The zero-order valence-corrected chi connectivity index (χ0v) is 11.2. The topological polar surface area (TPSA) is 54.5 Å². The molecule has 20 heavy (non-hydrogen) atoms. The lowest BCUT2D eigenvalue weighted by Crippen LogP contribution is -2.12. The predicted molar refractivity (Wildman–Crippen MR) is 66.7 cm³/mol. The number of nitriles is 1. The highest BCUT2D eigenvalue weighted by Gasteiger charge is 2.37. The summed E-state index contributed by atoms with van der Waals surface area (Å²) in [5.74, 6) is -0.679. The van der Waals surface area contributed by atoms with Gasteiger partial charge in [0.1, 0.15) is 0 Å². The molecule has 4 nitrogen and oxygen atoms in total. The molecule has 1 aromatic carbocycles. The Labute approximate surface area is 117 Å². The summed E-state index contributed by atoms with van der Waals surface area (Å²) < 4.78 is 38.6. The minimum atomic E-state index is -4.52. The molecule has 0 amide bonds. The molecule has 1 aromatic heterocycles. The Hall–Kier alpha value is -2.01. The molecule has 1 heterocycles. The molecule has 0 spiro atoms. The van der Waals surface area contributed by atoms with Gasteiger partial charge in [-0.1, -0.05) is 30.0 Å². The van der Waals surface area contributed by atoms with Crippen LogP contribution < -0.4 is 0 Å². The van der Waals surface area contributed by atoms with Crippen LogP contribution in [0.2, 0.25) is 0 Å². The van der Waals surface area contributed by atoms with Gasteiger partial charge in [-0.25, -0.2) is 0 Å². The van der Waals surface area contributed by atoms with Crippen LogP contribution in [-0.2, 0) is 19.0 Å². The zero-order valence-electron chi connectivity index (χ0n) is 10.3. The first-order chi connectivity index (χ1) is 9.43. The molecule has 0 fully saturated rings. The summed E-state index contributed by atoms with van der Waals surface area (Å²) in [6.45, 7) is 0. The minimum absolute atomic E-state index is 0.157. The number of alkyl halides is 3. The Morgan fingerprint density at radius 1 is 1.30 bits per heavy atom. The normalized spacial score (nSPS) is 11.3. The van der Waals surface area contributed by atoms with Crippen molar-refractivity contribution in [1.29, 1.82) is 5.26 Å². The van der Waals surface area contributed by atoms with Gasteiger partial charge in [0.2, 0.25) is 5.82 Å². The first kappa shape index (κ1) is 14.4. The van der Waals surface area contributed by atoms with E-state index in [1.54, 1.807) is 24.3 Å². The Balaban J connectivity index is 2.17. The fraction of sp³-hybridized carbons (Fsp3) is 0.250. The first-order valence-electron chi connectivity index (χ1n) is 5.51. The Bertz CT molecular complexity index is 657. The van der Waals surface area contributed by atoms with E-state index in [9.17, 15) is 13.2 Å². The van der Waals surface area contributed by atoms with Crippen LogP contribution in [0.25, 0.3) is 0 Å². The molecule has 104 valence electrons. The SMILES string of the molecule is Cn1c(SCc2ccccc2C#N)nnc1C(F)(F)F. The van der Waals surface area contributed by atoms with Gasteiger partial charge in [-0.15, -0.1) is 10.2 Å². The third-order valence-corrected chi connectivity index (χ3v) is 3.65. The van der Waals surface area contributed by atoms with Crippen molar-refractivity contribution in [3.05, 3.63) is 41.2 Å². The van der Waals surface area contributed by atoms with Gasteiger partial charge in [0.25, 0.3) is 0 Å². The lowest BCUT2D eigenvalue weighted by molar-refractivity contribution is -0.147. The van der Waals surface area contributed by atoms with Crippen LogP contribution in [0.1, 0.15) is 17.0 Å². The van der Waals surface area contributed by atoms with Gasteiger partial charge in [-0.3, -0.25) is 0 Å². The highest BCUT2D eigenvalue weighted by Crippen LogP contribution is 2.30. The molecule has 0 bridgehead atoms. The lowest BCUT2D eigenvalue weighted by atomic mass is 10.1. The van der Waals surface area contributed by atoms with Gasteiger partial charge in [-0.2, -0.15) is 18.4 Å². The van der Waals surface area contributed by atoms with E-state index < -0.39 is 12.0 Å². The summed E-state index contributed by atoms with van der Waals surface area (Å²) in [7, 11) is 1.27. The third-order valence-electron chi connectivity index (χ3n) is 2.58. The van der Waals surface area contributed by atoms with Gasteiger partial charge in [0.05, 0.1) is 11.6 Å². The maximum absolute atomic E-state index is 12.6. The van der Waals surface area contributed by atoms with Crippen LogP contribution in [0.5, 0.6) is 0 Å². The zero-order chi connectivity index (χ0) is 14.8. The van der Waals surface area contributed by atoms with Crippen molar-refractivity contribution < 1.29 is 13.2 Å². The average Bonchev–Trinajstić information content (AvgIpc) is 2.78. The first-order valence-corrected chi connectivity index (χ1v) is 6.49. The molecule has 0 aliphatic carbocycles. The van der Waals surface area contributed by atoms with Gasteiger partial charge in [-0.05, 0) is 11.6 Å². The summed E-state index contributed by atoms with van der Waals surface area (Å²) >= 11 is 1.10. The third kappa shape index (κ3) is 2.93. The van der Waals surface area contributed by atoms with Crippen molar-refractivity contribution in [3.8, 4) is 6.07 Å². The Kier molecular flexibility index (Phi) is 3.99. The highest BCUT2D eigenvalue weighted by molar-refractivity contribution is 7.98. The van der Waals surface area contributed by atoms with E-state index in [0.29, 0.717) is 11.3 Å². The maximum Gasteiger partial charge on any atom is 0.451 e. The second-order valence-corrected chi connectivity index (χ2v) is 4.86. The standard InChI is InChI=1S/C12H9F3N4S/c1-19-10(12(13,14)15)17-18-11(19)20-7-9-5-3-2-4-8(9)6-16/h2-5H,7H2,1H3. The second kappa shape index (κ2) is 5.54. The maximum atomic E-state index is 12.6. The van der Waals surface area contributed by atoms with Crippen molar-refractivity contribution in [3.63, 3.8) is 0 Å². The second-order valence-electron chi connectivity index (χ2n) is 3.92. The van der Waals surface area contributed by atoms with Gasteiger partial charge in [0.15, 0.2) is 5.16 Å². The van der Waals surface area contributed by atoms with Gasteiger partial charge >= 0.3 is 6.18 Å². The van der Waals surface area contributed by atoms with Gasteiger partial charge in [0, 0.05) is 12.8 Å². The summed E-state index contributed by atoms with van der Waals surface area (Å²) in [4.78, 5) is 0. The van der Waals surface area contributed by atoms with Crippen molar-refractivity contribution in [2.45, 2.75) is 17.1 Å². The minimum Gasteiger partial charge on any atom is -0.302 e. The lowest BCUT2D eigenvalue weighted by Gasteiger charge is -2.06. The molecule has 0 aliphatic rings. The summed E-state index contributed by atoms with van der Waals surface area (Å²) in [5.41, 5.74) is 1.25. The number of rotatable bonds is 3. The molecule has 0 N–H and O–H groups in total. The van der Waals surface area contributed by atoms with E-state index in [-0.39, 0.29) is 5.16 Å². The Morgan fingerprint density at radius 3 is 2.60 bits per heavy atom. The number of benzene rings is 1. The van der Waals surface area contributed by atoms with E-state index >= 15 is 0 Å². The van der Waals surface area contributed by atoms with Gasteiger partial charge < -0.3 is 4.57 Å². The highest BCUT2D eigenvalue weighted by atomic mass is 32.2. The van der Waals surface area contributed by atoms with E-state index in [2.05, 4.69) is 10.2 Å². The van der Waals surface area contributed by atoms with Crippen LogP contribution in [0.4, 0.5) is 13.2 Å². The summed E-state index contributed by atoms with van der Waals surface area (Å²) in [5, 5.41) is 15.8. The van der Waals surface area contributed by atoms with E-state index in [0.717, 1.165) is 21.9 Å². The quantitative estimate of drug-likeness (QED) is 0.817. The van der Waals surface area contributed by atoms with Crippen molar-refractivity contribution in [1.82, 2.24) is 14.8 Å². The van der Waals surface area contributed by atoms with Crippen LogP contribution in [0.3, 0.4) is 0 Å². The van der Waals surface area contributed by atoms with E-state index in [1.165, 1.54) is 7.05 Å². The number of halogens is 3. The number of hydrogen-bond acceptors (Lipinski definition) is 4. The molecule has 0 saturated heterocycles.